The Hall–Kier alpha value is -2.11. The molecule has 1 aromatic carbocycles. The quantitative estimate of drug-likeness (QED) is 0.619. The van der Waals surface area contributed by atoms with E-state index in [0.717, 1.165) is 6.42 Å². The van der Waals surface area contributed by atoms with Gasteiger partial charge in [-0.3, -0.25) is 14.9 Å². The van der Waals surface area contributed by atoms with E-state index in [1.165, 1.54) is 12.1 Å². The van der Waals surface area contributed by atoms with Gasteiger partial charge in [0.15, 0.2) is 0 Å². The van der Waals surface area contributed by atoms with E-state index in [2.05, 4.69) is 10.6 Å². The third kappa shape index (κ3) is 3.46. The molecule has 0 radical (unpaired) electrons. The highest BCUT2D eigenvalue weighted by Gasteiger charge is 2.22. The van der Waals surface area contributed by atoms with Crippen LogP contribution in [-0.4, -0.2) is 23.9 Å². The molecular formula is C14H21N3O3. The van der Waals surface area contributed by atoms with Gasteiger partial charge >= 0.3 is 0 Å². The van der Waals surface area contributed by atoms with Crippen molar-refractivity contribution in [1.29, 1.82) is 0 Å². The summed E-state index contributed by atoms with van der Waals surface area (Å²) in [5.74, 6) is 0.0132. The highest BCUT2D eigenvalue weighted by molar-refractivity contribution is 6.01. The number of nitro groups is 1. The average Bonchev–Trinajstić information content (AvgIpc) is 2.42. The second-order valence-corrected chi connectivity index (χ2v) is 4.94. The van der Waals surface area contributed by atoms with Crippen molar-refractivity contribution < 1.29 is 9.72 Å². The molecule has 0 aromatic heterocycles. The Labute approximate surface area is 118 Å². The molecule has 1 rings (SSSR count). The van der Waals surface area contributed by atoms with Crippen molar-refractivity contribution in [3.63, 3.8) is 0 Å². The van der Waals surface area contributed by atoms with Crippen LogP contribution in [0.1, 0.15) is 37.6 Å². The lowest BCUT2D eigenvalue weighted by atomic mass is 10.0. The summed E-state index contributed by atoms with van der Waals surface area (Å²) in [6.07, 6.45) is 0.813. The molecule has 0 aliphatic carbocycles. The summed E-state index contributed by atoms with van der Waals surface area (Å²) >= 11 is 0. The Morgan fingerprint density at radius 2 is 2.05 bits per heavy atom. The fourth-order valence-electron chi connectivity index (χ4n) is 2.13. The molecule has 1 amide bonds. The van der Waals surface area contributed by atoms with E-state index >= 15 is 0 Å². The van der Waals surface area contributed by atoms with Crippen LogP contribution in [0.3, 0.4) is 0 Å². The third-order valence-electron chi connectivity index (χ3n) is 3.29. The molecule has 0 aliphatic heterocycles. The Kier molecular flexibility index (Phi) is 5.49. The fourth-order valence-corrected chi connectivity index (χ4v) is 2.13. The van der Waals surface area contributed by atoms with E-state index in [1.54, 1.807) is 13.1 Å². The largest absolute Gasteiger partial charge is 0.382 e. The van der Waals surface area contributed by atoms with Crippen LogP contribution in [0.4, 0.5) is 11.4 Å². The van der Waals surface area contributed by atoms with Gasteiger partial charge in [-0.1, -0.05) is 26.8 Å². The van der Waals surface area contributed by atoms with Gasteiger partial charge in [-0.05, 0) is 18.4 Å². The van der Waals surface area contributed by atoms with Crippen molar-refractivity contribution in [3.8, 4) is 0 Å². The molecule has 110 valence electrons. The molecule has 1 atom stereocenters. The maximum atomic E-state index is 12.3. The van der Waals surface area contributed by atoms with Crippen molar-refractivity contribution in [2.75, 3.05) is 12.4 Å². The highest BCUT2D eigenvalue weighted by atomic mass is 16.6. The molecule has 0 saturated heterocycles. The number of carbonyl (C=O) groups excluding carboxylic acids is 1. The van der Waals surface area contributed by atoms with Crippen molar-refractivity contribution >= 4 is 17.3 Å². The maximum absolute atomic E-state index is 12.3. The smallest absolute Gasteiger partial charge is 0.293 e. The van der Waals surface area contributed by atoms with E-state index in [4.69, 9.17) is 0 Å². The van der Waals surface area contributed by atoms with Crippen molar-refractivity contribution in [3.05, 3.63) is 33.9 Å². The van der Waals surface area contributed by atoms with E-state index in [-0.39, 0.29) is 23.3 Å². The zero-order chi connectivity index (χ0) is 15.3. The van der Waals surface area contributed by atoms with E-state index < -0.39 is 4.92 Å². The minimum Gasteiger partial charge on any atom is -0.382 e. The summed E-state index contributed by atoms with van der Waals surface area (Å²) in [4.78, 5) is 22.8. The molecule has 0 aliphatic rings. The summed E-state index contributed by atoms with van der Waals surface area (Å²) in [6, 6.07) is 4.53. The Balaban J connectivity index is 3.10. The van der Waals surface area contributed by atoms with Crippen molar-refractivity contribution in [2.24, 2.45) is 5.92 Å². The predicted molar refractivity (Wildman–Crippen MR) is 79.0 cm³/mol. The first-order chi connectivity index (χ1) is 9.42. The van der Waals surface area contributed by atoms with Crippen LogP contribution in [0.15, 0.2) is 18.2 Å². The first kappa shape index (κ1) is 15.9. The monoisotopic (exact) mass is 279 g/mol. The van der Waals surface area contributed by atoms with Crippen LogP contribution in [0, 0.1) is 16.0 Å². The molecular weight excluding hydrogens is 258 g/mol. The molecule has 0 fully saturated rings. The minimum atomic E-state index is -0.498. The number of nitrogens with one attached hydrogen (secondary N) is 2. The van der Waals surface area contributed by atoms with Crippen molar-refractivity contribution in [1.82, 2.24) is 5.32 Å². The molecule has 0 bridgehead atoms. The number of amides is 1. The average molecular weight is 279 g/mol. The van der Waals surface area contributed by atoms with Gasteiger partial charge in [0.1, 0.15) is 5.69 Å². The van der Waals surface area contributed by atoms with Gasteiger partial charge in [-0.15, -0.1) is 0 Å². The zero-order valence-electron chi connectivity index (χ0n) is 12.3. The first-order valence-electron chi connectivity index (χ1n) is 6.68. The minimum absolute atomic E-state index is 0.0477. The second kappa shape index (κ2) is 6.88. The first-order valence-corrected chi connectivity index (χ1v) is 6.68. The number of para-hydroxylation sites is 1. The molecule has 20 heavy (non-hydrogen) atoms. The van der Waals surface area contributed by atoms with Gasteiger partial charge < -0.3 is 10.6 Å². The van der Waals surface area contributed by atoms with Crippen LogP contribution in [0.25, 0.3) is 0 Å². The molecule has 0 spiro atoms. The number of carbonyl (C=O) groups is 1. The molecule has 1 unspecified atom stereocenters. The van der Waals surface area contributed by atoms with Gasteiger partial charge in [0.2, 0.25) is 0 Å². The SMILES string of the molecule is CCC(NC(=O)c1cccc([N+](=O)[O-])c1NC)C(C)C. The van der Waals surface area contributed by atoms with Gasteiger partial charge in [-0.25, -0.2) is 0 Å². The van der Waals surface area contributed by atoms with Gasteiger partial charge in [0, 0.05) is 19.2 Å². The summed E-state index contributed by atoms with van der Waals surface area (Å²) in [7, 11) is 1.57. The van der Waals surface area contributed by atoms with Crippen LogP contribution in [0.2, 0.25) is 0 Å². The van der Waals surface area contributed by atoms with Gasteiger partial charge in [0.25, 0.3) is 11.6 Å². The van der Waals surface area contributed by atoms with Crippen LogP contribution < -0.4 is 10.6 Å². The standard InChI is InChI=1S/C14H21N3O3/c1-5-11(9(2)3)16-14(18)10-7-6-8-12(17(19)20)13(10)15-4/h6-9,11,15H,5H2,1-4H3,(H,16,18). The Morgan fingerprint density at radius 3 is 2.50 bits per heavy atom. The number of benzene rings is 1. The van der Waals surface area contributed by atoms with Crippen molar-refractivity contribution in [2.45, 2.75) is 33.2 Å². The Bertz CT molecular complexity index is 500. The van der Waals surface area contributed by atoms with E-state index in [9.17, 15) is 14.9 Å². The normalized spacial score (nSPS) is 12.1. The van der Waals surface area contributed by atoms with Gasteiger partial charge in [0.05, 0.1) is 10.5 Å². The lowest BCUT2D eigenvalue weighted by Crippen LogP contribution is -2.38. The number of nitrogens with zero attached hydrogens (tertiary/aromatic N) is 1. The lowest BCUT2D eigenvalue weighted by molar-refractivity contribution is -0.384. The van der Waals surface area contributed by atoms with Crippen LogP contribution in [-0.2, 0) is 0 Å². The predicted octanol–water partition coefficient (Wildman–Crippen LogP) is 2.80. The summed E-state index contributed by atoms with van der Waals surface area (Å²) in [5, 5.41) is 16.6. The highest BCUT2D eigenvalue weighted by Crippen LogP contribution is 2.27. The number of hydrogen-bond acceptors (Lipinski definition) is 4. The van der Waals surface area contributed by atoms with E-state index in [0.29, 0.717) is 11.5 Å². The second-order valence-electron chi connectivity index (χ2n) is 4.94. The number of anilines is 1. The lowest BCUT2D eigenvalue weighted by Gasteiger charge is -2.21. The molecule has 1 aromatic rings. The summed E-state index contributed by atoms with van der Waals surface area (Å²) in [6.45, 7) is 6.05. The third-order valence-corrected chi connectivity index (χ3v) is 3.29. The molecule has 6 nitrogen and oxygen atoms in total. The maximum Gasteiger partial charge on any atom is 0.293 e. The molecule has 0 heterocycles. The zero-order valence-corrected chi connectivity index (χ0v) is 12.3. The van der Waals surface area contributed by atoms with Gasteiger partial charge in [-0.2, -0.15) is 0 Å². The topological polar surface area (TPSA) is 84.3 Å². The number of nitro benzene ring substituents is 1. The molecule has 2 N–H and O–H groups in total. The van der Waals surface area contributed by atoms with Crippen LogP contribution in [0.5, 0.6) is 0 Å². The number of hydrogen-bond donors (Lipinski definition) is 2. The van der Waals surface area contributed by atoms with E-state index in [1.807, 2.05) is 20.8 Å². The Morgan fingerprint density at radius 1 is 1.40 bits per heavy atom. The fraction of sp³-hybridized carbons (Fsp3) is 0.500. The molecule has 0 saturated carbocycles. The van der Waals surface area contributed by atoms with Crippen LogP contribution >= 0.6 is 0 Å². The number of rotatable bonds is 6. The summed E-state index contributed by atoms with van der Waals surface area (Å²) < 4.78 is 0. The molecule has 6 heteroatoms. The summed E-state index contributed by atoms with van der Waals surface area (Å²) in [5.41, 5.74) is 0.437.